The first-order valence-corrected chi connectivity index (χ1v) is 7.40. The predicted octanol–water partition coefficient (Wildman–Crippen LogP) is 3.91. The Morgan fingerprint density at radius 1 is 1.24 bits per heavy atom. The van der Waals surface area contributed by atoms with Crippen molar-refractivity contribution in [3.8, 4) is 0 Å². The highest BCUT2D eigenvalue weighted by Gasteiger charge is 2.29. The van der Waals surface area contributed by atoms with E-state index in [1.54, 1.807) is 12.1 Å². The molecule has 3 rings (SSSR count). The number of nitro benzene ring substituents is 1. The second-order valence-corrected chi connectivity index (χ2v) is 6.00. The normalized spacial score (nSPS) is 20.1. The third-order valence-corrected chi connectivity index (χ3v) is 4.24. The summed E-state index contributed by atoms with van der Waals surface area (Å²) < 4.78 is 0.684. The van der Waals surface area contributed by atoms with Crippen LogP contribution in [0.15, 0.2) is 46.9 Å². The molecular weight excluding hydrogens is 334 g/mol. The maximum Gasteiger partial charge on any atom is 0.293 e. The average molecular weight is 348 g/mol. The van der Waals surface area contributed by atoms with E-state index in [4.69, 9.17) is 5.73 Å². The Morgan fingerprint density at radius 2 is 1.95 bits per heavy atom. The molecule has 2 aromatic rings. The summed E-state index contributed by atoms with van der Waals surface area (Å²) in [6.45, 7) is 0. The molecule has 0 amide bonds. The number of nitrogens with two attached hydrogens (primary N) is 1. The highest BCUT2D eigenvalue weighted by atomic mass is 79.9. The van der Waals surface area contributed by atoms with Crippen LogP contribution in [-0.4, -0.2) is 4.92 Å². The van der Waals surface area contributed by atoms with Crippen molar-refractivity contribution in [2.75, 3.05) is 5.32 Å². The number of nitrogens with one attached hydrogen (secondary N) is 1. The number of rotatable bonds is 3. The largest absolute Gasteiger partial charge is 0.373 e. The Labute approximate surface area is 130 Å². The molecule has 0 aliphatic heterocycles. The van der Waals surface area contributed by atoms with Crippen LogP contribution in [0.5, 0.6) is 0 Å². The minimum Gasteiger partial charge on any atom is -0.373 e. The van der Waals surface area contributed by atoms with Crippen LogP contribution in [-0.2, 0) is 0 Å². The fraction of sp³-hybridized carbons (Fsp3) is 0.200. The Bertz CT molecular complexity index is 705. The van der Waals surface area contributed by atoms with Gasteiger partial charge in [-0.15, -0.1) is 0 Å². The van der Waals surface area contributed by atoms with Gasteiger partial charge in [0.1, 0.15) is 5.69 Å². The van der Waals surface area contributed by atoms with Crippen LogP contribution >= 0.6 is 15.9 Å². The second kappa shape index (κ2) is 5.46. The molecule has 2 unspecified atom stereocenters. The Hall–Kier alpha value is -1.92. The summed E-state index contributed by atoms with van der Waals surface area (Å²) in [5.74, 6) is 0. The van der Waals surface area contributed by atoms with Crippen LogP contribution in [0, 0.1) is 10.1 Å². The zero-order valence-electron chi connectivity index (χ0n) is 11.1. The highest BCUT2D eigenvalue weighted by Crippen LogP contribution is 2.40. The van der Waals surface area contributed by atoms with Gasteiger partial charge in [-0.2, -0.15) is 0 Å². The van der Waals surface area contributed by atoms with Gasteiger partial charge in [0, 0.05) is 16.6 Å². The van der Waals surface area contributed by atoms with Gasteiger partial charge in [0.05, 0.1) is 11.0 Å². The van der Waals surface area contributed by atoms with Crippen LogP contribution in [0.25, 0.3) is 0 Å². The van der Waals surface area contributed by atoms with Gasteiger partial charge >= 0.3 is 0 Å². The summed E-state index contributed by atoms with van der Waals surface area (Å²) in [4.78, 5) is 10.8. The number of nitrogens with zero attached hydrogens (tertiary/aromatic N) is 1. The number of fused-ring (bicyclic) bond motifs is 1. The van der Waals surface area contributed by atoms with Crippen molar-refractivity contribution in [3.63, 3.8) is 0 Å². The molecule has 0 saturated heterocycles. The fourth-order valence-corrected chi connectivity index (χ4v) is 3.13. The topological polar surface area (TPSA) is 81.2 Å². The number of nitro groups is 1. The lowest BCUT2D eigenvalue weighted by Crippen LogP contribution is -2.11. The Morgan fingerprint density at radius 3 is 2.67 bits per heavy atom. The summed E-state index contributed by atoms with van der Waals surface area (Å²) in [6, 6.07) is 12.9. The summed E-state index contributed by atoms with van der Waals surface area (Å²) in [7, 11) is 0. The molecule has 1 aliphatic rings. The molecular formula is C15H14BrN3O2. The number of hydrogen-bond donors (Lipinski definition) is 2. The van der Waals surface area contributed by atoms with E-state index >= 15 is 0 Å². The molecule has 0 aromatic heterocycles. The lowest BCUT2D eigenvalue weighted by atomic mass is 10.1. The van der Waals surface area contributed by atoms with Crippen molar-refractivity contribution in [3.05, 3.63) is 68.2 Å². The first-order chi connectivity index (χ1) is 10.1. The van der Waals surface area contributed by atoms with Crippen LogP contribution < -0.4 is 11.1 Å². The van der Waals surface area contributed by atoms with Gasteiger partial charge in [-0.1, -0.05) is 40.2 Å². The number of benzene rings is 2. The lowest BCUT2D eigenvalue weighted by molar-refractivity contribution is -0.384. The van der Waals surface area contributed by atoms with E-state index < -0.39 is 0 Å². The summed E-state index contributed by atoms with van der Waals surface area (Å²) in [5, 5.41) is 14.4. The third kappa shape index (κ3) is 2.64. The molecule has 5 nitrogen and oxygen atoms in total. The van der Waals surface area contributed by atoms with Gasteiger partial charge in [-0.05, 0) is 29.7 Å². The summed E-state index contributed by atoms with van der Waals surface area (Å²) >= 11 is 3.26. The molecule has 108 valence electrons. The lowest BCUT2D eigenvalue weighted by Gasteiger charge is -2.15. The van der Waals surface area contributed by atoms with E-state index in [1.165, 1.54) is 6.07 Å². The molecule has 1 aliphatic carbocycles. The number of halogens is 1. The van der Waals surface area contributed by atoms with Crippen molar-refractivity contribution in [1.29, 1.82) is 0 Å². The van der Waals surface area contributed by atoms with Gasteiger partial charge in [0.15, 0.2) is 0 Å². The van der Waals surface area contributed by atoms with Gasteiger partial charge < -0.3 is 11.1 Å². The summed E-state index contributed by atoms with van der Waals surface area (Å²) in [6.07, 6.45) is 0.729. The Kier molecular flexibility index (Phi) is 3.65. The Balaban J connectivity index is 1.94. The average Bonchev–Trinajstić information content (AvgIpc) is 2.78. The highest BCUT2D eigenvalue weighted by molar-refractivity contribution is 9.10. The van der Waals surface area contributed by atoms with Crippen LogP contribution in [0.1, 0.15) is 29.6 Å². The molecule has 0 heterocycles. The zero-order chi connectivity index (χ0) is 15.0. The monoisotopic (exact) mass is 347 g/mol. The van der Waals surface area contributed by atoms with Crippen molar-refractivity contribution >= 4 is 27.3 Å². The van der Waals surface area contributed by atoms with E-state index in [0.29, 0.717) is 10.2 Å². The SMILES string of the molecule is NC1CC(Nc2ccc(Br)cc2[N+](=O)[O-])c2ccccc21. The van der Waals surface area contributed by atoms with Crippen molar-refractivity contribution in [2.45, 2.75) is 18.5 Å². The molecule has 6 heteroatoms. The molecule has 3 N–H and O–H groups in total. The van der Waals surface area contributed by atoms with Gasteiger partial charge in [0.25, 0.3) is 5.69 Å². The number of anilines is 1. The van der Waals surface area contributed by atoms with E-state index in [2.05, 4.69) is 21.2 Å². The predicted molar refractivity (Wildman–Crippen MR) is 85.1 cm³/mol. The first kappa shape index (κ1) is 14.0. The van der Waals surface area contributed by atoms with Gasteiger partial charge in [-0.25, -0.2) is 0 Å². The molecule has 0 bridgehead atoms. The molecule has 0 fully saturated rings. The molecule has 0 saturated carbocycles. The standard InChI is InChI=1S/C15H14BrN3O2/c16-9-5-6-13(15(7-9)19(20)21)18-14-8-12(17)10-3-1-2-4-11(10)14/h1-7,12,14,18H,8,17H2. The van der Waals surface area contributed by atoms with Crippen molar-refractivity contribution < 1.29 is 4.92 Å². The van der Waals surface area contributed by atoms with E-state index in [-0.39, 0.29) is 22.7 Å². The van der Waals surface area contributed by atoms with E-state index in [0.717, 1.165) is 17.5 Å². The van der Waals surface area contributed by atoms with Crippen molar-refractivity contribution in [1.82, 2.24) is 0 Å². The minimum absolute atomic E-state index is 0.00363. The molecule has 2 aromatic carbocycles. The van der Waals surface area contributed by atoms with Crippen molar-refractivity contribution in [2.24, 2.45) is 5.73 Å². The molecule has 0 radical (unpaired) electrons. The first-order valence-electron chi connectivity index (χ1n) is 6.61. The smallest absolute Gasteiger partial charge is 0.293 e. The maximum atomic E-state index is 11.2. The van der Waals surface area contributed by atoms with Gasteiger partial charge in [-0.3, -0.25) is 10.1 Å². The van der Waals surface area contributed by atoms with E-state index in [9.17, 15) is 10.1 Å². The molecule has 2 atom stereocenters. The van der Waals surface area contributed by atoms with E-state index in [1.807, 2.05) is 24.3 Å². The maximum absolute atomic E-state index is 11.2. The minimum atomic E-state index is -0.381. The second-order valence-electron chi connectivity index (χ2n) is 5.09. The number of hydrogen-bond acceptors (Lipinski definition) is 4. The van der Waals surface area contributed by atoms with Crippen LogP contribution in [0.3, 0.4) is 0 Å². The zero-order valence-corrected chi connectivity index (χ0v) is 12.7. The van der Waals surface area contributed by atoms with Gasteiger partial charge in [0.2, 0.25) is 0 Å². The third-order valence-electron chi connectivity index (χ3n) is 3.75. The van der Waals surface area contributed by atoms with Crippen LogP contribution in [0.2, 0.25) is 0 Å². The quantitative estimate of drug-likeness (QED) is 0.651. The van der Waals surface area contributed by atoms with Crippen LogP contribution in [0.4, 0.5) is 11.4 Å². The molecule has 21 heavy (non-hydrogen) atoms. The molecule has 0 spiro atoms. The fourth-order valence-electron chi connectivity index (χ4n) is 2.78. The summed E-state index contributed by atoms with van der Waals surface area (Å²) in [5.41, 5.74) is 8.92.